The van der Waals surface area contributed by atoms with Gasteiger partial charge in [-0.05, 0) is 32.6 Å². The standard InChI is InChI=1S/C24H32N7O/c1-4-25-16-19-13-20(17-30-11-9-29(3)10-12-30)15-21(14-19)27-24(32)28-22-6-5-18(2)31-8-7-26-23(22)31/h5-8,13-16,26H,4,9-12,17,25H2,1-3H3/q+1/p+1/b28-22+. The van der Waals surface area contributed by atoms with E-state index in [1.165, 1.54) is 5.56 Å². The molecule has 2 aliphatic heterocycles. The van der Waals surface area contributed by atoms with Crippen LogP contribution in [0, 0.1) is 13.0 Å². The number of H-pyrrole nitrogens is 1. The average molecular weight is 436 g/mol. The SMILES string of the molecule is CC[NH2+][CH-]c1cc(CN2CCN(C)CC2)cc(NC(=O)/N=C2\[CH+]C=C(C)[n+]3cc[nH+][c-]32)c1. The highest BCUT2D eigenvalue weighted by Gasteiger charge is 2.32. The van der Waals surface area contributed by atoms with Crippen LogP contribution in [0.4, 0.5) is 10.5 Å². The highest BCUT2D eigenvalue weighted by atomic mass is 16.2. The molecule has 8 nitrogen and oxygen atoms in total. The predicted molar refractivity (Wildman–Crippen MR) is 124 cm³/mol. The van der Waals surface area contributed by atoms with E-state index in [1.807, 2.05) is 42.4 Å². The van der Waals surface area contributed by atoms with Crippen molar-refractivity contribution in [1.29, 1.82) is 0 Å². The zero-order chi connectivity index (χ0) is 22.5. The van der Waals surface area contributed by atoms with Gasteiger partial charge in [-0.1, -0.05) is 11.6 Å². The molecule has 168 valence electrons. The lowest BCUT2D eigenvalue weighted by atomic mass is 10.1. The van der Waals surface area contributed by atoms with Crippen LogP contribution in [0.2, 0.25) is 0 Å². The summed E-state index contributed by atoms with van der Waals surface area (Å²) in [6.45, 7) is 12.4. The summed E-state index contributed by atoms with van der Waals surface area (Å²) in [5.74, 6) is 0.801. The number of aliphatic imine (C=N–C) groups is 1. The number of nitrogens with one attached hydrogen (secondary N) is 2. The number of hydrogen-bond acceptors (Lipinski definition) is 3. The Morgan fingerprint density at radius 3 is 2.94 bits per heavy atom. The third-order valence-electron chi connectivity index (χ3n) is 5.83. The summed E-state index contributed by atoms with van der Waals surface area (Å²) >= 11 is 0. The van der Waals surface area contributed by atoms with Gasteiger partial charge in [0.2, 0.25) is 18.1 Å². The Hall–Kier alpha value is -3.07. The Labute approximate surface area is 190 Å². The van der Waals surface area contributed by atoms with Gasteiger partial charge in [-0.3, -0.25) is 4.90 Å². The predicted octanol–water partition coefficient (Wildman–Crippen LogP) is 0.448. The fraction of sp³-hybridized carbons (Fsp3) is 0.375. The summed E-state index contributed by atoms with van der Waals surface area (Å²) in [5, 5.41) is 5.11. The number of allylic oxidation sites excluding steroid dienone is 2. The number of piperazine rings is 1. The molecule has 4 rings (SSSR count). The number of nitrogens with two attached hydrogens (primary N) is 1. The van der Waals surface area contributed by atoms with Crippen molar-refractivity contribution in [1.82, 2.24) is 9.80 Å². The lowest BCUT2D eigenvalue weighted by molar-refractivity contribution is -0.629. The van der Waals surface area contributed by atoms with Crippen LogP contribution >= 0.6 is 0 Å². The van der Waals surface area contributed by atoms with E-state index in [0.717, 1.165) is 62.0 Å². The molecule has 0 aliphatic carbocycles. The molecule has 0 saturated carbocycles. The minimum absolute atomic E-state index is 0.382. The lowest BCUT2D eigenvalue weighted by Gasteiger charge is -2.33. The minimum atomic E-state index is -0.382. The van der Waals surface area contributed by atoms with Gasteiger partial charge >= 0.3 is 11.9 Å². The second-order valence-electron chi connectivity index (χ2n) is 8.43. The number of aromatic nitrogens is 2. The molecular weight excluding hydrogens is 402 g/mol. The first kappa shape index (κ1) is 22.1. The molecule has 1 aromatic carbocycles. The zero-order valence-electron chi connectivity index (χ0n) is 19.1. The molecule has 2 aromatic rings. The van der Waals surface area contributed by atoms with Crippen LogP contribution in [-0.4, -0.2) is 61.3 Å². The second-order valence-corrected chi connectivity index (χ2v) is 8.43. The molecule has 8 heteroatoms. The van der Waals surface area contributed by atoms with E-state index < -0.39 is 0 Å². The molecule has 1 fully saturated rings. The van der Waals surface area contributed by atoms with Crippen LogP contribution in [0.3, 0.4) is 0 Å². The van der Waals surface area contributed by atoms with Gasteiger partial charge in [0, 0.05) is 45.7 Å². The number of anilines is 1. The molecule has 2 aliphatic rings. The number of aromatic amines is 1. The molecule has 1 aromatic heterocycles. The topological polar surface area (TPSA) is 82.6 Å². The summed E-state index contributed by atoms with van der Waals surface area (Å²) in [6, 6.07) is 5.88. The number of carbonyl (C=O) groups is 1. The van der Waals surface area contributed by atoms with Gasteiger partial charge < -0.3 is 15.5 Å². The number of benzene rings is 1. The summed E-state index contributed by atoms with van der Waals surface area (Å²) in [5.41, 5.74) is 4.73. The number of hydrogen-bond donors (Lipinski definition) is 2. The van der Waals surface area contributed by atoms with Crippen LogP contribution in [0.1, 0.15) is 30.8 Å². The van der Waals surface area contributed by atoms with Crippen molar-refractivity contribution < 1.29 is 19.7 Å². The van der Waals surface area contributed by atoms with E-state index in [-0.39, 0.29) is 6.03 Å². The van der Waals surface area contributed by atoms with Crippen LogP contribution in [-0.2, 0) is 6.54 Å². The van der Waals surface area contributed by atoms with Gasteiger partial charge in [0.15, 0.2) is 5.70 Å². The largest absolute Gasteiger partial charge is 0.474 e. The minimum Gasteiger partial charge on any atom is -0.368 e. The zero-order valence-corrected chi connectivity index (χ0v) is 19.1. The van der Waals surface area contributed by atoms with Gasteiger partial charge in [-0.25, -0.2) is 4.79 Å². The molecule has 0 bridgehead atoms. The van der Waals surface area contributed by atoms with Crippen molar-refractivity contribution in [3.63, 3.8) is 0 Å². The van der Waals surface area contributed by atoms with Crippen LogP contribution in [0.25, 0.3) is 5.70 Å². The first-order chi connectivity index (χ1) is 15.5. The van der Waals surface area contributed by atoms with Crippen molar-refractivity contribution in [3.8, 4) is 0 Å². The number of nitrogens with zero attached hydrogens (tertiary/aromatic N) is 4. The summed E-state index contributed by atoms with van der Waals surface area (Å²) in [7, 11) is 2.16. The Bertz CT molecular complexity index is 1020. The monoisotopic (exact) mass is 435 g/mol. The van der Waals surface area contributed by atoms with Gasteiger partial charge in [0.25, 0.3) is 0 Å². The highest BCUT2D eigenvalue weighted by Crippen LogP contribution is 2.18. The van der Waals surface area contributed by atoms with Crippen molar-refractivity contribution >= 4 is 23.1 Å². The molecule has 0 unspecified atom stereocenters. The van der Waals surface area contributed by atoms with E-state index in [0.29, 0.717) is 5.71 Å². The van der Waals surface area contributed by atoms with Crippen molar-refractivity contribution in [2.45, 2.75) is 20.4 Å². The fourth-order valence-electron chi connectivity index (χ4n) is 4.03. The van der Waals surface area contributed by atoms with Gasteiger partial charge in [-0.2, -0.15) is 11.1 Å². The number of fused-ring (bicyclic) bond motifs is 1. The summed E-state index contributed by atoms with van der Waals surface area (Å²) in [6.07, 6.45) is 7.58. The normalized spacial score (nSPS) is 18.1. The average Bonchev–Trinajstić information content (AvgIpc) is 3.27. The first-order valence-electron chi connectivity index (χ1n) is 11.2. The molecule has 3 heterocycles. The maximum Gasteiger partial charge on any atom is 0.474 e. The number of rotatable bonds is 6. The van der Waals surface area contributed by atoms with E-state index in [4.69, 9.17) is 0 Å². The van der Waals surface area contributed by atoms with E-state index >= 15 is 0 Å². The Morgan fingerprint density at radius 2 is 2.16 bits per heavy atom. The molecular formula is C24H33N7O+2. The van der Waals surface area contributed by atoms with Crippen LogP contribution in [0.5, 0.6) is 0 Å². The lowest BCUT2D eigenvalue weighted by Crippen LogP contribution is -2.80. The van der Waals surface area contributed by atoms with E-state index in [9.17, 15) is 4.79 Å². The molecule has 1 saturated heterocycles. The quantitative estimate of drug-likeness (QED) is 0.511. The molecule has 0 atom stereocenters. The fourth-order valence-corrected chi connectivity index (χ4v) is 4.03. The van der Waals surface area contributed by atoms with Crippen LogP contribution in [0.15, 0.2) is 41.7 Å². The van der Waals surface area contributed by atoms with E-state index in [1.54, 1.807) is 0 Å². The van der Waals surface area contributed by atoms with Gasteiger partial charge in [-0.15, -0.1) is 21.2 Å². The summed E-state index contributed by atoms with van der Waals surface area (Å²) in [4.78, 5) is 25.0. The number of imidazole rings is 1. The van der Waals surface area contributed by atoms with Crippen LogP contribution < -0.4 is 20.2 Å². The van der Waals surface area contributed by atoms with Gasteiger partial charge in [0.1, 0.15) is 0 Å². The Morgan fingerprint density at radius 1 is 1.34 bits per heavy atom. The first-order valence-corrected chi connectivity index (χ1v) is 11.2. The number of carbonyl (C=O) groups excluding carboxylic acids is 1. The maximum atomic E-state index is 12.8. The number of urea groups is 1. The highest BCUT2D eigenvalue weighted by molar-refractivity contribution is 6.11. The van der Waals surface area contributed by atoms with Crippen molar-refractivity contribution in [2.75, 3.05) is 45.1 Å². The third-order valence-corrected chi connectivity index (χ3v) is 5.83. The molecule has 0 radical (unpaired) electrons. The number of likely N-dealkylation sites (N-methyl/N-ethyl adjacent to an activating group) is 1. The third kappa shape index (κ3) is 5.40. The van der Waals surface area contributed by atoms with Gasteiger partial charge in [0.05, 0.1) is 6.54 Å². The molecule has 4 N–H and O–H groups in total. The molecule has 0 spiro atoms. The van der Waals surface area contributed by atoms with Crippen molar-refractivity contribution in [3.05, 3.63) is 66.6 Å². The van der Waals surface area contributed by atoms with E-state index in [2.05, 4.69) is 63.1 Å². The number of amides is 2. The smallest absolute Gasteiger partial charge is 0.368 e. The molecule has 32 heavy (non-hydrogen) atoms. The molecule has 2 amide bonds. The maximum absolute atomic E-state index is 12.8. The van der Waals surface area contributed by atoms with Crippen molar-refractivity contribution in [2.24, 2.45) is 4.99 Å². The Balaban J connectivity index is 1.50. The number of quaternary nitrogens is 1. The Kier molecular flexibility index (Phi) is 6.94. The summed E-state index contributed by atoms with van der Waals surface area (Å²) < 4.78 is 1.98. The second kappa shape index (κ2) is 10.0.